The van der Waals surface area contributed by atoms with E-state index in [9.17, 15) is 38.4 Å². The molecule has 10 atom stereocenters. The lowest BCUT2D eigenvalue weighted by molar-refractivity contribution is -0.142. The molecular formula is C66H83N7O10. The first-order valence-corrected chi connectivity index (χ1v) is 30.2. The Morgan fingerprint density at radius 3 is 1.17 bits per heavy atom. The van der Waals surface area contributed by atoms with Crippen LogP contribution in [0.3, 0.4) is 0 Å². The number of alkyl carbamates (subject to hydrolysis) is 1. The van der Waals surface area contributed by atoms with Crippen molar-refractivity contribution >= 4 is 47.5 Å². The number of ether oxygens (including phenoxy) is 2. The highest BCUT2D eigenvalue weighted by Gasteiger charge is 2.50. The van der Waals surface area contributed by atoms with E-state index in [0.29, 0.717) is 24.3 Å². The summed E-state index contributed by atoms with van der Waals surface area (Å²) in [5, 5.41) is 15.1. The van der Waals surface area contributed by atoms with E-state index in [1.165, 1.54) is 0 Å². The van der Waals surface area contributed by atoms with Gasteiger partial charge in [-0.2, -0.15) is 0 Å². The normalized spacial score (nSPS) is 24.0. The number of carbonyl (C=O) groups excluding carboxylic acids is 8. The Labute approximate surface area is 488 Å². The Bertz CT molecular complexity index is 2810. The second kappa shape index (κ2) is 28.1. The number of unbranched alkanes of at least 4 members (excludes halogenated alkanes) is 9. The summed E-state index contributed by atoms with van der Waals surface area (Å²) in [7, 11) is 0. The zero-order valence-electron chi connectivity index (χ0n) is 48.4. The average molecular weight is 1130 g/mol. The second-order valence-corrected chi connectivity index (χ2v) is 24.4. The van der Waals surface area contributed by atoms with Crippen molar-refractivity contribution < 1.29 is 47.8 Å². The summed E-state index contributed by atoms with van der Waals surface area (Å²) in [5.41, 5.74) is 3.44. The summed E-state index contributed by atoms with van der Waals surface area (Å²) in [5.74, 6) is -4.58. The van der Waals surface area contributed by atoms with Crippen LogP contribution < -0.4 is 26.6 Å². The van der Waals surface area contributed by atoms with Gasteiger partial charge < -0.3 is 45.9 Å². The molecule has 83 heavy (non-hydrogen) atoms. The standard InChI is InChI=1S/C66H83N7O10/c1-66(2,3)83-65(81)68-38-58(74)82-34-22-11-9-7-5-4-6-8-10-21-33-67-59(75)51-39-72(40-52(51)60(76)69-55-35-48(55)43-23-15-12-16-24-43)63(79)46-29-31-47(32-30-46)64(80)73-41-53(61(77)70-56-36-49(56)44-25-17-13-18-26-44)54(42-73)62(78)71-57-37-50(57)45-27-19-14-20-28-45/h12-20,23-32,48-57H,4-11,21-22,33-42H2,1-3H3,(H,67,75)(H,68,81)(H,69,76)(H,70,77)(H,71,78)/t48-,49-,50-,51-,52-,53-,54-,55+,56+,57+/m1/s1. The molecule has 3 saturated carbocycles. The topological polar surface area (TPSA) is 222 Å². The molecule has 17 heteroatoms. The summed E-state index contributed by atoms with van der Waals surface area (Å²) < 4.78 is 10.3. The van der Waals surface area contributed by atoms with Gasteiger partial charge in [0.1, 0.15) is 12.1 Å². The molecular weight excluding hydrogens is 1050 g/mol. The molecule has 0 unspecified atom stereocenters. The lowest BCUT2D eigenvalue weighted by Gasteiger charge is -2.19. The molecule has 3 aliphatic carbocycles. The van der Waals surface area contributed by atoms with Crippen molar-refractivity contribution in [3.05, 3.63) is 143 Å². The molecule has 0 aromatic heterocycles. The zero-order valence-corrected chi connectivity index (χ0v) is 48.4. The van der Waals surface area contributed by atoms with Crippen LogP contribution in [0.15, 0.2) is 115 Å². The maximum atomic E-state index is 14.3. The SMILES string of the molecule is CC(C)(C)OC(=O)NCC(=O)OCCCCCCCCCCCCNC(=O)[C@@H]1CN(C(=O)c2ccc(C(=O)N3C[C@@H](C(=O)N[C@H]4C[C@@H]4c4ccccc4)[C@H](C(=O)N[C@H]4C[C@@H]4c4ccccc4)C3)cc2)C[C@H]1C(=O)N[C@H]1C[C@@H]1c1ccccc1. The van der Waals surface area contributed by atoms with Gasteiger partial charge in [-0.1, -0.05) is 142 Å². The predicted octanol–water partition coefficient (Wildman–Crippen LogP) is 8.17. The molecule has 0 bridgehead atoms. The first-order valence-electron chi connectivity index (χ1n) is 30.2. The Morgan fingerprint density at radius 1 is 0.446 bits per heavy atom. The van der Waals surface area contributed by atoms with Gasteiger partial charge in [0, 0.05) is 79.7 Å². The van der Waals surface area contributed by atoms with Gasteiger partial charge in [0.15, 0.2) is 0 Å². The van der Waals surface area contributed by atoms with Crippen LogP contribution in [0.2, 0.25) is 0 Å². The van der Waals surface area contributed by atoms with E-state index in [1.54, 1.807) is 54.8 Å². The lowest BCUT2D eigenvalue weighted by atomic mass is 9.94. The third-order valence-corrected chi connectivity index (χ3v) is 16.9. The van der Waals surface area contributed by atoms with E-state index in [4.69, 9.17) is 9.47 Å². The summed E-state index contributed by atoms with van der Waals surface area (Å²) in [4.78, 5) is 111. The van der Waals surface area contributed by atoms with Gasteiger partial charge in [0.05, 0.1) is 30.3 Å². The molecule has 9 rings (SSSR count). The summed E-state index contributed by atoms with van der Waals surface area (Å²) in [6, 6.07) is 36.3. The van der Waals surface area contributed by atoms with Crippen molar-refractivity contribution in [2.24, 2.45) is 23.7 Å². The van der Waals surface area contributed by atoms with Crippen molar-refractivity contribution in [3.63, 3.8) is 0 Å². The van der Waals surface area contributed by atoms with E-state index < -0.39 is 41.3 Å². The Kier molecular flexibility index (Phi) is 20.4. The fourth-order valence-electron chi connectivity index (χ4n) is 11.9. The number of carbonyl (C=O) groups is 8. The van der Waals surface area contributed by atoms with Gasteiger partial charge in [0.25, 0.3) is 11.8 Å². The van der Waals surface area contributed by atoms with Gasteiger partial charge in [-0.15, -0.1) is 0 Å². The maximum absolute atomic E-state index is 14.3. The first kappa shape index (κ1) is 60.0. The van der Waals surface area contributed by atoms with Crippen LogP contribution >= 0.6 is 0 Å². The van der Waals surface area contributed by atoms with Crippen LogP contribution in [-0.4, -0.2) is 127 Å². The number of hydrogen-bond acceptors (Lipinski definition) is 10. The van der Waals surface area contributed by atoms with Crippen LogP contribution in [0, 0.1) is 23.7 Å². The van der Waals surface area contributed by atoms with Gasteiger partial charge in [-0.3, -0.25) is 33.6 Å². The minimum atomic E-state index is -0.751. The van der Waals surface area contributed by atoms with Crippen LogP contribution in [0.4, 0.5) is 4.79 Å². The number of nitrogens with zero attached hydrogens (tertiary/aromatic N) is 2. The quantitative estimate of drug-likeness (QED) is 0.0285. The van der Waals surface area contributed by atoms with Crippen LogP contribution in [0.1, 0.15) is 159 Å². The van der Waals surface area contributed by atoms with Crippen LogP contribution in [0.5, 0.6) is 0 Å². The number of esters is 1. The van der Waals surface area contributed by atoms with Gasteiger partial charge in [-0.25, -0.2) is 4.79 Å². The number of hydrogen-bond donors (Lipinski definition) is 5. The number of nitrogens with one attached hydrogen (secondary N) is 5. The highest BCUT2D eigenvalue weighted by molar-refractivity contribution is 6.00. The largest absolute Gasteiger partial charge is 0.464 e. The van der Waals surface area contributed by atoms with Gasteiger partial charge in [0.2, 0.25) is 23.6 Å². The molecule has 4 aromatic carbocycles. The number of amides is 7. The molecule has 0 spiro atoms. The summed E-state index contributed by atoms with van der Waals surface area (Å²) in [6.07, 6.45) is 11.7. The van der Waals surface area contributed by atoms with Crippen molar-refractivity contribution in [2.45, 2.75) is 146 Å². The van der Waals surface area contributed by atoms with E-state index in [0.717, 1.165) is 100 Å². The van der Waals surface area contributed by atoms with Crippen molar-refractivity contribution in [2.75, 3.05) is 45.9 Å². The minimum absolute atomic E-state index is 0.0459. The molecule has 2 heterocycles. The number of rotatable bonds is 27. The maximum Gasteiger partial charge on any atom is 0.408 e. The fourth-order valence-corrected chi connectivity index (χ4v) is 11.9. The van der Waals surface area contributed by atoms with Crippen LogP contribution in [0.25, 0.3) is 0 Å². The molecule has 2 aliphatic heterocycles. The monoisotopic (exact) mass is 1130 g/mol. The molecule has 0 radical (unpaired) electrons. The van der Waals surface area contributed by atoms with Crippen molar-refractivity contribution in [1.29, 1.82) is 0 Å². The molecule has 5 N–H and O–H groups in total. The fraction of sp³-hybridized carbons (Fsp3) is 0.515. The Balaban J connectivity index is 0.736. The van der Waals surface area contributed by atoms with E-state index in [2.05, 4.69) is 63.0 Å². The van der Waals surface area contributed by atoms with Gasteiger partial charge in [-0.05, 0) is 93.8 Å². The summed E-state index contributed by atoms with van der Waals surface area (Å²) in [6.45, 7) is 6.08. The molecule has 17 nitrogen and oxygen atoms in total. The smallest absolute Gasteiger partial charge is 0.408 e. The molecule has 7 amide bonds. The number of benzene rings is 4. The Morgan fingerprint density at radius 2 is 0.795 bits per heavy atom. The highest BCUT2D eigenvalue weighted by atomic mass is 16.6. The number of likely N-dealkylation sites (tertiary alicyclic amines) is 2. The van der Waals surface area contributed by atoms with E-state index in [-0.39, 0.29) is 104 Å². The Hall–Kier alpha value is -7.56. The molecule has 5 aliphatic rings. The molecule has 5 fully saturated rings. The summed E-state index contributed by atoms with van der Waals surface area (Å²) >= 11 is 0. The van der Waals surface area contributed by atoms with Crippen LogP contribution in [-0.2, 0) is 33.4 Å². The average Bonchev–Trinajstić information content (AvgIpc) is 4.33. The van der Waals surface area contributed by atoms with E-state index >= 15 is 0 Å². The van der Waals surface area contributed by atoms with Crippen molar-refractivity contribution in [1.82, 2.24) is 36.4 Å². The van der Waals surface area contributed by atoms with E-state index in [1.807, 2.05) is 54.6 Å². The zero-order chi connectivity index (χ0) is 58.5. The molecule has 442 valence electrons. The third-order valence-electron chi connectivity index (χ3n) is 16.9. The second-order valence-electron chi connectivity index (χ2n) is 24.4. The lowest BCUT2D eigenvalue weighted by Crippen LogP contribution is -2.43. The van der Waals surface area contributed by atoms with Crippen molar-refractivity contribution in [3.8, 4) is 0 Å². The minimum Gasteiger partial charge on any atom is -0.464 e. The third kappa shape index (κ3) is 17.0. The first-order chi connectivity index (χ1) is 40.1. The molecule has 4 aromatic rings. The predicted molar refractivity (Wildman–Crippen MR) is 314 cm³/mol. The van der Waals surface area contributed by atoms with Gasteiger partial charge >= 0.3 is 12.1 Å². The highest BCUT2D eigenvalue weighted by Crippen LogP contribution is 2.44. The molecule has 2 saturated heterocycles.